The Labute approximate surface area is 292 Å². The highest BCUT2D eigenvalue weighted by Gasteiger charge is 2.49. The average molecular weight is 671 g/mol. The van der Waals surface area contributed by atoms with Crippen molar-refractivity contribution in [3.05, 3.63) is 71.8 Å². The molecular formula is C40H66N2O6. The Bertz CT molecular complexity index is 1080. The van der Waals surface area contributed by atoms with Gasteiger partial charge in [-0.3, -0.25) is 9.59 Å². The van der Waals surface area contributed by atoms with Crippen LogP contribution >= 0.6 is 0 Å². The number of hydroxylamine groups is 4. The first-order valence-corrected chi connectivity index (χ1v) is 17.6. The van der Waals surface area contributed by atoms with E-state index in [1.54, 1.807) is 14.2 Å². The maximum absolute atomic E-state index is 12.5. The number of nitrogens with zero attached hydrogens (tertiary/aromatic N) is 2. The number of hydrogen-bond acceptors (Lipinski definition) is 8. The molecule has 0 radical (unpaired) electrons. The van der Waals surface area contributed by atoms with Crippen LogP contribution < -0.4 is 0 Å². The van der Waals surface area contributed by atoms with Crippen LogP contribution in [-0.4, -0.2) is 70.6 Å². The molecule has 0 bridgehead atoms. The zero-order valence-electron chi connectivity index (χ0n) is 32.5. The minimum Gasteiger partial charge on any atom is -0.462 e. The predicted molar refractivity (Wildman–Crippen MR) is 195 cm³/mol. The first-order chi connectivity index (χ1) is 22.5. The highest BCUT2D eigenvalue weighted by molar-refractivity contribution is 5.91. The molecule has 0 atom stereocenters. The lowest BCUT2D eigenvalue weighted by Crippen LogP contribution is -2.61. The van der Waals surface area contributed by atoms with Crippen LogP contribution in [-0.2, 0) is 35.2 Å². The van der Waals surface area contributed by atoms with E-state index in [1.807, 2.05) is 37.8 Å². The van der Waals surface area contributed by atoms with E-state index >= 15 is 0 Å². The lowest BCUT2D eigenvalue weighted by molar-refractivity contribution is -0.278. The summed E-state index contributed by atoms with van der Waals surface area (Å²) in [5.74, 6) is -1.08. The highest BCUT2D eigenvalue weighted by atomic mass is 16.7. The van der Waals surface area contributed by atoms with Crippen molar-refractivity contribution in [3.8, 4) is 0 Å². The van der Waals surface area contributed by atoms with E-state index < -0.39 is 11.9 Å². The van der Waals surface area contributed by atoms with Crippen molar-refractivity contribution in [3.63, 3.8) is 0 Å². The number of ether oxygens (including phenoxy) is 2. The lowest BCUT2D eigenvalue weighted by atomic mass is 9.80. The van der Waals surface area contributed by atoms with Gasteiger partial charge in [0.05, 0.1) is 14.2 Å². The molecule has 8 heteroatoms. The quantitative estimate of drug-likeness (QED) is 0.204. The number of esters is 2. The van der Waals surface area contributed by atoms with Crippen molar-refractivity contribution < 1.29 is 28.7 Å². The minimum absolute atomic E-state index is 0.278. The van der Waals surface area contributed by atoms with Gasteiger partial charge in [0.15, 0.2) is 0 Å². The van der Waals surface area contributed by atoms with Gasteiger partial charge in [0.25, 0.3) is 0 Å². The Morgan fingerprint density at radius 2 is 0.833 bits per heavy atom. The van der Waals surface area contributed by atoms with E-state index in [0.717, 1.165) is 6.42 Å². The van der Waals surface area contributed by atoms with Gasteiger partial charge in [-0.05, 0) is 72.9 Å². The third kappa shape index (κ3) is 12.9. The Kier molecular flexibility index (Phi) is 17.5. The number of hydrogen-bond donors (Lipinski definition) is 0. The van der Waals surface area contributed by atoms with Gasteiger partial charge in [-0.25, -0.2) is 0 Å². The predicted octanol–water partition coefficient (Wildman–Crippen LogP) is 8.96. The fourth-order valence-electron chi connectivity index (χ4n) is 7.50. The second-order valence-corrected chi connectivity index (χ2v) is 14.6. The monoisotopic (exact) mass is 670 g/mol. The summed E-state index contributed by atoms with van der Waals surface area (Å²) in [6.45, 7) is 24.5. The van der Waals surface area contributed by atoms with Crippen LogP contribution in [0.3, 0.4) is 0 Å². The third-order valence-electron chi connectivity index (χ3n) is 8.45. The van der Waals surface area contributed by atoms with Gasteiger partial charge in [0.2, 0.25) is 0 Å². The second kappa shape index (κ2) is 19.4. The molecule has 2 aliphatic rings. The van der Waals surface area contributed by atoms with Gasteiger partial charge in [0.1, 0.15) is 18.6 Å². The van der Waals surface area contributed by atoms with Crippen LogP contribution in [0.5, 0.6) is 0 Å². The molecule has 2 aliphatic heterocycles. The molecule has 0 aromatic heterocycles. The smallest absolute Gasteiger partial charge is 0.317 e. The molecule has 2 aromatic rings. The van der Waals surface area contributed by atoms with E-state index in [1.165, 1.54) is 11.1 Å². The standard InChI is InChI=1S/C23H42N2O6.C13H12.2C2H6/c1-20(2)12-16(13-21(3,4)24(20)28-9)30-18(26)11-19(27)31-17-14-22(5,6)25(29-10)23(7,8)15-17;1-3-7-12(8-4-1)11-13-9-5-2-6-10-13;2*1-2/h16-17H,11-15H2,1-10H3;1-10H,11H2;2*1-2H3. The molecule has 0 saturated carbocycles. The average Bonchev–Trinajstić information content (AvgIpc) is 2.98. The van der Waals surface area contributed by atoms with Gasteiger partial charge in [0, 0.05) is 47.8 Å². The summed E-state index contributed by atoms with van der Waals surface area (Å²) in [7, 11) is 3.32. The zero-order chi connectivity index (χ0) is 36.8. The first kappa shape index (κ1) is 43.2. The normalized spacial score (nSPS) is 20.0. The Balaban J connectivity index is 0.000000558. The third-order valence-corrected chi connectivity index (χ3v) is 8.45. The molecule has 4 rings (SSSR count). The molecule has 2 aromatic carbocycles. The van der Waals surface area contributed by atoms with Crippen molar-refractivity contribution in [2.45, 2.75) is 156 Å². The Morgan fingerprint density at radius 1 is 0.562 bits per heavy atom. The maximum atomic E-state index is 12.5. The van der Waals surface area contributed by atoms with Crippen LogP contribution in [0, 0.1) is 0 Å². The molecule has 2 saturated heterocycles. The number of carbonyl (C=O) groups excluding carboxylic acids is 2. The highest BCUT2D eigenvalue weighted by Crippen LogP contribution is 2.41. The molecule has 0 N–H and O–H groups in total. The molecule has 0 spiro atoms. The molecular weight excluding hydrogens is 604 g/mol. The maximum Gasteiger partial charge on any atom is 0.317 e. The van der Waals surface area contributed by atoms with E-state index in [9.17, 15) is 9.59 Å². The Hall–Kier alpha value is -2.78. The van der Waals surface area contributed by atoms with Gasteiger partial charge in [-0.2, -0.15) is 10.1 Å². The summed E-state index contributed by atoms with van der Waals surface area (Å²) in [5.41, 5.74) is 1.55. The Morgan fingerprint density at radius 3 is 1.08 bits per heavy atom. The molecule has 2 heterocycles. The van der Waals surface area contributed by atoms with Gasteiger partial charge >= 0.3 is 11.9 Å². The van der Waals surface area contributed by atoms with Crippen LogP contribution in [0.25, 0.3) is 0 Å². The molecule has 0 amide bonds. The lowest BCUT2D eigenvalue weighted by Gasteiger charge is -2.52. The summed E-state index contributed by atoms with van der Waals surface area (Å²) >= 11 is 0. The number of carbonyl (C=O) groups is 2. The molecule has 272 valence electrons. The van der Waals surface area contributed by atoms with E-state index in [4.69, 9.17) is 19.1 Å². The summed E-state index contributed by atoms with van der Waals surface area (Å²) in [6.07, 6.45) is 2.61. The second-order valence-electron chi connectivity index (χ2n) is 14.6. The van der Waals surface area contributed by atoms with Crippen LogP contribution in [0.4, 0.5) is 0 Å². The van der Waals surface area contributed by atoms with Crippen molar-refractivity contribution >= 4 is 11.9 Å². The van der Waals surface area contributed by atoms with Gasteiger partial charge in [-0.1, -0.05) is 88.4 Å². The molecule has 2 fully saturated rings. The topological polar surface area (TPSA) is 77.5 Å². The van der Waals surface area contributed by atoms with E-state index in [2.05, 4.69) is 116 Å². The zero-order valence-corrected chi connectivity index (χ0v) is 32.5. The minimum atomic E-state index is -0.541. The SMILES string of the molecule is CC.CC.CON1C(C)(C)CC(OC(=O)CC(=O)OC2CC(C)(C)N(OC)C(C)(C)C2)CC1(C)C.c1ccc(Cc2ccccc2)cc1. The first-order valence-electron chi connectivity index (χ1n) is 17.6. The van der Waals surface area contributed by atoms with Crippen molar-refractivity contribution in [1.82, 2.24) is 10.1 Å². The van der Waals surface area contributed by atoms with E-state index in [0.29, 0.717) is 25.7 Å². The van der Waals surface area contributed by atoms with Crippen molar-refractivity contribution in [2.24, 2.45) is 0 Å². The summed E-state index contributed by atoms with van der Waals surface area (Å²) in [5, 5.41) is 3.91. The molecule has 0 aliphatic carbocycles. The van der Waals surface area contributed by atoms with Crippen LogP contribution in [0.2, 0.25) is 0 Å². The number of benzene rings is 2. The molecule has 8 nitrogen and oxygen atoms in total. The van der Waals surface area contributed by atoms with Gasteiger partial charge < -0.3 is 19.1 Å². The van der Waals surface area contributed by atoms with Gasteiger partial charge in [-0.15, -0.1) is 0 Å². The van der Waals surface area contributed by atoms with Crippen molar-refractivity contribution in [1.29, 1.82) is 0 Å². The molecule has 48 heavy (non-hydrogen) atoms. The van der Waals surface area contributed by atoms with Crippen LogP contribution in [0.1, 0.15) is 126 Å². The van der Waals surface area contributed by atoms with Crippen molar-refractivity contribution in [2.75, 3.05) is 14.2 Å². The summed E-state index contributed by atoms with van der Waals surface area (Å²) < 4.78 is 11.4. The summed E-state index contributed by atoms with van der Waals surface area (Å²) in [6, 6.07) is 21.1. The molecule has 0 unspecified atom stereocenters. The summed E-state index contributed by atoms with van der Waals surface area (Å²) in [4.78, 5) is 36.1. The largest absolute Gasteiger partial charge is 0.462 e. The fourth-order valence-corrected chi connectivity index (χ4v) is 7.50. The van der Waals surface area contributed by atoms with E-state index in [-0.39, 0.29) is 40.8 Å². The number of piperidine rings is 2. The fraction of sp³-hybridized carbons (Fsp3) is 0.650. The van der Waals surface area contributed by atoms with Crippen LogP contribution in [0.15, 0.2) is 60.7 Å². The number of rotatable bonds is 8.